The third kappa shape index (κ3) is 2.53. The minimum absolute atomic E-state index is 0.0641. The zero-order valence-corrected chi connectivity index (χ0v) is 15.4. The van der Waals surface area contributed by atoms with Crippen molar-refractivity contribution in [1.29, 1.82) is 0 Å². The van der Waals surface area contributed by atoms with Gasteiger partial charge < -0.3 is 4.90 Å². The molecule has 0 aliphatic carbocycles. The van der Waals surface area contributed by atoms with Crippen LogP contribution in [-0.2, 0) is 10.0 Å². The number of nitrogens with zero attached hydrogens (tertiary/aromatic N) is 1. The van der Waals surface area contributed by atoms with Crippen LogP contribution in [0.15, 0.2) is 59.5 Å². The number of rotatable bonds is 4. The molecule has 1 aliphatic rings. The molecule has 132 valence electrons. The molecule has 0 bridgehead atoms. The van der Waals surface area contributed by atoms with Crippen LogP contribution in [0.25, 0.3) is 10.8 Å². The quantitative estimate of drug-likeness (QED) is 0.728. The SMILES string of the molecule is CCN1C(=O)c2cccc3c(NS(=O)(=O)c4ccc(Cl)cc4)ccc1c23. The molecule has 0 aromatic heterocycles. The van der Waals surface area contributed by atoms with Gasteiger partial charge in [0, 0.05) is 27.9 Å². The van der Waals surface area contributed by atoms with Crippen LogP contribution in [0.4, 0.5) is 11.4 Å². The number of sulfonamides is 1. The van der Waals surface area contributed by atoms with Crippen LogP contribution in [0, 0.1) is 0 Å². The van der Waals surface area contributed by atoms with Crippen LogP contribution in [0.1, 0.15) is 17.3 Å². The summed E-state index contributed by atoms with van der Waals surface area (Å²) in [6.45, 7) is 2.46. The first-order chi connectivity index (χ1) is 12.4. The average Bonchev–Trinajstić information content (AvgIpc) is 2.91. The minimum atomic E-state index is -3.77. The lowest BCUT2D eigenvalue weighted by Crippen LogP contribution is -2.25. The molecule has 3 aromatic carbocycles. The highest BCUT2D eigenvalue weighted by Crippen LogP contribution is 2.40. The van der Waals surface area contributed by atoms with Crippen LogP contribution in [0.5, 0.6) is 0 Å². The Kier molecular flexibility index (Phi) is 3.89. The van der Waals surface area contributed by atoms with Gasteiger partial charge in [-0.25, -0.2) is 8.42 Å². The molecule has 0 radical (unpaired) electrons. The number of anilines is 2. The average molecular weight is 387 g/mol. The zero-order chi connectivity index (χ0) is 18.5. The number of hydrogen-bond donors (Lipinski definition) is 1. The van der Waals surface area contributed by atoms with Gasteiger partial charge in [-0.2, -0.15) is 0 Å². The number of hydrogen-bond acceptors (Lipinski definition) is 3. The van der Waals surface area contributed by atoms with Gasteiger partial charge in [0.25, 0.3) is 15.9 Å². The molecule has 4 rings (SSSR count). The summed E-state index contributed by atoms with van der Waals surface area (Å²) in [6, 6.07) is 14.8. The smallest absolute Gasteiger partial charge is 0.261 e. The Morgan fingerprint density at radius 1 is 1.04 bits per heavy atom. The van der Waals surface area contributed by atoms with E-state index in [0.29, 0.717) is 28.2 Å². The normalized spacial score (nSPS) is 13.5. The maximum atomic E-state index is 12.7. The summed E-state index contributed by atoms with van der Waals surface area (Å²) in [5.41, 5.74) is 1.83. The zero-order valence-electron chi connectivity index (χ0n) is 13.9. The van der Waals surface area contributed by atoms with Gasteiger partial charge in [0.2, 0.25) is 0 Å². The Morgan fingerprint density at radius 3 is 2.46 bits per heavy atom. The van der Waals surface area contributed by atoms with Crippen LogP contribution in [0.2, 0.25) is 5.02 Å². The molecule has 0 fully saturated rings. The Hall–Kier alpha value is -2.57. The molecule has 0 atom stereocenters. The molecule has 7 heteroatoms. The fraction of sp³-hybridized carbons (Fsp3) is 0.105. The van der Waals surface area contributed by atoms with Crippen molar-refractivity contribution >= 4 is 49.7 Å². The van der Waals surface area contributed by atoms with Crippen molar-refractivity contribution in [3.8, 4) is 0 Å². The summed E-state index contributed by atoms with van der Waals surface area (Å²) >= 11 is 5.83. The largest absolute Gasteiger partial charge is 0.308 e. The number of nitrogens with one attached hydrogen (secondary N) is 1. The molecule has 0 spiro atoms. The summed E-state index contributed by atoms with van der Waals surface area (Å²) < 4.78 is 28.0. The predicted molar refractivity (Wildman–Crippen MR) is 104 cm³/mol. The first-order valence-electron chi connectivity index (χ1n) is 8.08. The van der Waals surface area contributed by atoms with Gasteiger partial charge in [-0.15, -0.1) is 0 Å². The Balaban J connectivity index is 1.84. The molecule has 26 heavy (non-hydrogen) atoms. The maximum Gasteiger partial charge on any atom is 0.261 e. The predicted octanol–water partition coefficient (Wildman–Crippen LogP) is 4.27. The summed E-state index contributed by atoms with van der Waals surface area (Å²) in [4.78, 5) is 14.3. The molecule has 1 amide bonds. The molecular formula is C19H15ClN2O3S. The highest BCUT2D eigenvalue weighted by molar-refractivity contribution is 7.92. The Labute approximate surface area is 156 Å². The number of benzene rings is 3. The van der Waals surface area contributed by atoms with Gasteiger partial charge in [-0.3, -0.25) is 9.52 Å². The van der Waals surface area contributed by atoms with Crippen molar-refractivity contribution in [3.05, 3.63) is 65.2 Å². The molecule has 0 unspecified atom stereocenters. The van der Waals surface area contributed by atoms with Gasteiger partial charge in [0.1, 0.15) is 0 Å². The van der Waals surface area contributed by atoms with Crippen molar-refractivity contribution in [3.63, 3.8) is 0 Å². The third-order valence-electron chi connectivity index (χ3n) is 4.47. The lowest BCUT2D eigenvalue weighted by Gasteiger charge is -2.16. The molecule has 0 saturated heterocycles. The standard InChI is InChI=1S/C19H15ClN2O3S/c1-2-22-17-11-10-16(14-4-3-5-15(18(14)17)19(22)23)21-26(24,25)13-8-6-12(20)7-9-13/h3-11,21H,2H2,1H3. The van der Waals surface area contributed by atoms with Crippen molar-refractivity contribution in [2.24, 2.45) is 0 Å². The second kappa shape index (κ2) is 6.00. The van der Waals surface area contributed by atoms with E-state index in [-0.39, 0.29) is 10.8 Å². The second-order valence-corrected chi connectivity index (χ2v) is 8.09. The van der Waals surface area contributed by atoms with E-state index >= 15 is 0 Å². The summed E-state index contributed by atoms with van der Waals surface area (Å²) in [7, 11) is -3.77. The van der Waals surface area contributed by atoms with Crippen molar-refractivity contribution in [2.45, 2.75) is 11.8 Å². The van der Waals surface area contributed by atoms with E-state index in [1.807, 2.05) is 13.0 Å². The van der Waals surface area contributed by atoms with Crippen LogP contribution >= 0.6 is 11.6 Å². The first-order valence-corrected chi connectivity index (χ1v) is 9.94. The fourth-order valence-electron chi connectivity index (χ4n) is 3.27. The van der Waals surface area contributed by atoms with Gasteiger partial charge in [0.15, 0.2) is 0 Å². The van der Waals surface area contributed by atoms with Crippen molar-refractivity contribution in [1.82, 2.24) is 0 Å². The van der Waals surface area contributed by atoms with E-state index in [0.717, 1.165) is 11.1 Å². The molecule has 3 aromatic rings. The van der Waals surface area contributed by atoms with Crippen LogP contribution in [0.3, 0.4) is 0 Å². The highest BCUT2D eigenvalue weighted by atomic mass is 35.5. The van der Waals surface area contributed by atoms with E-state index in [2.05, 4.69) is 4.72 Å². The van der Waals surface area contributed by atoms with E-state index in [1.165, 1.54) is 24.3 Å². The monoisotopic (exact) mass is 386 g/mol. The van der Waals surface area contributed by atoms with Gasteiger partial charge >= 0.3 is 0 Å². The highest BCUT2D eigenvalue weighted by Gasteiger charge is 2.29. The van der Waals surface area contributed by atoms with Crippen molar-refractivity contribution in [2.75, 3.05) is 16.2 Å². The lowest BCUT2D eigenvalue weighted by molar-refractivity contribution is 0.0994. The first kappa shape index (κ1) is 16.9. The molecule has 0 saturated carbocycles. The molecule has 1 N–H and O–H groups in total. The summed E-state index contributed by atoms with van der Waals surface area (Å²) in [5, 5.41) is 1.94. The van der Waals surface area contributed by atoms with Gasteiger partial charge in [-0.1, -0.05) is 23.7 Å². The third-order valence-corrected chi connectivity index (χ3v) is 6.10. The number of halogens is 1. The molecule has 1 aliphatic heterocycles. The lowest BCUT2D eigenvalue weighted by atomic mass is 10.0. The van der Waals surface area contributed by atoms with E-state index in [1.54, 1.807) is 29.2 Å². The molecule has 1 heterocycles. The number of carbonyl (C=O) groups is 1. The van der Waals surface area contributed by atoms with Crippen LogP contribution in [-0.4, -0.2) is 20.9 Å². The topological polar surface area (TPSA) is 66.5 Å². The summed E-state index contributed by atoms with van der Waals surface area (Å²) in [5.74, 6) is -0.0641. The van der Waals surface area contributed by atoms with Crippen molar-refractivity contribution < 1.29 is 13.2 Å². The fourth-order valence-corrected chi connectivity index (χ4v) is 4.47. The Morgan fingerprint density at radius 2 is 1.77 bits per heavy atom. The minimum Gasteiger partial charge on any atom is -0.308 e. The van der Waals surface area contributed by atoms with E-state index < -0.39 is 10.0 Å². The van der Waals surface area contributed by atoms with E-state index in [4.69, 9.17) is 11.6 Å². The maximum absolute atomic E-state index is 12.7. The van der Waals surface area contributed by atoms with E-state index in [9.17, 15) is 13.2 Å². The van der Waals surface area contributed by atoms with Gasteiger partial charge in [-0.05, 0) is 49.4 Å². The second-order valence-electron chi connectivity index (χ2n) is 5.97. The molecular weight excluding hydrogens is 372 g/mol. The Bertz CT molecular complexity index is 1140. The van der Waals surface area contributed by atoms with Crippen LogP contribution < -0.4 is 9.62 Å². The summed E-state index contributed by atoms with van der Waals surface area (Å²) in [6.07, 6.45) is 0. The molecule has 5 nitrogen and oxygen atoms in total. The van der Waals surface area contributed by atoms with Gasteiger partial charge in [0.05, 0.1) is 16.3 Å². The number of amides is 1. The number of carbonyl (C=O) groups excluding carboxylic acids is 1.